The highest BCUT2D eigenvalue weighted by Gasteiger charge is 2.46. The van der Waals surface area contributed by atoms with Gasteiger partial charge in [-0.3, -0.25) is 9.59 Å². The zero-order chi connectivity index (χ0) is 18.3. The van der Waals surface area contributed by atoms with E-state index in [0.29, 0.717) is 11.1 Å². The van der Waals surface area contributed by atoms with Crippen LogP contribution in [0.5, 0.6) is 0 Å². The average Bonchev–Trinajstić information content (AvgIpc) is 2.66. The SMILES string of the molecule is CNC1=CC=C(Nc2cccc(C)c2)C2C(=O)c3ccccc3C(=O)C12. The molecular formula is C22H20N2O2. The number of hydrogen-bond acceptors (Lipinski definition) is 4. The number of ketones is 2. The van der Waals surface area contributed by atoms with Crippen LogP contribution in [0.4, 0.5) is 5.69 Å². The molecule has 0 saturated carbocycles. The first-order valence-corrected chi connectivity index (χ1v) is 8.71. The molecule has 0 radical (unpaired) electrons. The van der Waals surface area contributed by atoms with Crippen molar-refractivity contribution in [2.75, 3.05) is 12.4 Å². The monoisotopic (exact) mass is 344 g/mol. The lowest BCUT2D eigenvalue weighted by Crippen LogP contribution is -2.43. The van der Waals surface area contributed by atoms with Gasteiger partial charge >= 0.3 is 0 Å². The van der Waals surface area contributed by atoms with E-state index in [1.165, 1.54) is 0 Å². The topological polar surface area (TPSA) is 58.2 Å². The predicted molar refractivity (Wildman–Crippen MR) is 102 cm³/mol. The molecule has 2 atom stereocenters. The Morgan fingerprint density at radius 1 is 0.808 bits per heavy atom. The molecule has 0 aromatic heterocycles. The minimum Gasteiger partial charge on any atom is -0.391 e. The molecule has 26 heavy (non-hydrogen) atoms. The Balaban J connectivity index is 1.80. The van der Waals surface area contributed by atoms with Gasteiger partial charge in [0.1, 0.15) is 0 Å². The van der Waals surface area contributed by atoms with Gasteiger partial charge in [-0.1, -0.05) is 36.4 Å². The summed E-state index contributed by atoms with van der Waals surface area (Å²) < 4.78 is 0. The fourth-order valence-electron chi connectivity index (χ4n) is 3.83. The summed E-state index contributed by atoms with van der Waals surface area (Å²) in [6.07, 6.45) is 3.78. The molecule has 0 aliphatic heterocycles. The molecule has 0 heterocycles. The van der Waals surface area contributed by atoms with Crippen molar-refractivity contribution in [3.63, 3.8) is 0 Å². The minimum absolute atomic E-state index is 0.0116. The molecule has 2 aromatic rings. The lowest BCUT2D eigenvalue weighted by molar-refractivity contribution is 0.0782. The van der Waals surface area contributed by atoms with Crippen LogP contribution in [0.2, 0.25) is 0 Å². The number of carbonyl (C=O) groups is 2. The van der Waals surface area contributed by atoms with E-state index in [4.69, 9.17) is 0 Å². The molecule has 2 aliphatic rings. The van der Waals surface area contributed by atoms with Crippen LogP contribution in [0.1, 0.15) is 26.3 Å². The van der Waals surface area contributed by atoms with Crippen molar-refractivity contribution in [1.29, 1.82) is 0 Å². The highest BCUT2D eigenvalue weighted by atomic mass is 16.1. The largest absolute Gasteiger partial charge is 0.391 e. The third kappa shape index (κ3) is 2.54. The van der Waals surface area contributed by atoms with E-state index in [1.807, 2.05) is 43.3 Å². The second-order valence-corrected chi connectivity index (χ2v) is 6.72. The first-order valence-electron chi connectivity index (χ1n) is 8.71. The van der Waals surface area contributed by atoms with Gasteiger partial charge in [0.2, 0.25) is 0 Å². The lowest BCUT2D eigenvalue weighted by atomic mass is 9.69. The maximum atomic E-state index is 13.2. The smallest absolute Gasteiger partial charge is 0.173 e. The van der Waals surface area contributed by atoms with E-state index >= 15 is 0 Å². The van der Waals surface area contributed by atoms with Crippen molar-refractivity contribution in [2.45, 2.75) is 6.92 Å². The molecule has 2 aliphatic carbocycles. The molecule has 0 bridgehead atoms. The van der Waals surface area contributed by atoms with E-state index in [0.717, 1.165) is 22.6 Å². The lowest BCUT2D eigenvalue weighted by Gasteiger charge is -2.36. The van der Waals surface area contributed by atoms with Crippen LogP contribution in [0.25, 0.3) is 0 Å². The van der Waals surface area contributed by atoms with Crippen LogP contribution in [0, 0.1) is 18.8 Å². The van der Waals surface area contributed by atoms with Gasteiger partial charge in [0.05, 0.1) is 11.8 Å². The molecule has 130 valence electrons. The Morgan fingerprint density at radius 3 is 2.04 bits per heavy atom. The molecular weight excluding hydrogens is 324 g/mol. The summed E-state index contributed by atoms with van der Waals surface area (Å²) >= 11 is 0. The van der Waals surface area contributed by atoms with Gasteiger partial charge in [-0.15, -0.1) is 0 Å². The van der Waals surface area contributed by atoms with Gasteiger partial charge in [0.15, 0.2) is 11.6 Å². The quantitative estimate of drug-likeness (QED) is 0.891. The van der Waals surface area contributed by atoms with Crippen molar-refractivity contribution in [3.05, 3.63) is 88.8 Å². The third-order valence-corrected chi connectivity index (χ3v) is 5.06. The van der Waals surface area contributed by atoms with Crippen LogP contribution < -0.4 is 10.6 Å². The van der Waals surface area contributed by atoms with Crippen LogP contribution in [-0.2, 0) is 0 Å². The van der Waals surface area contributed by atoms with E-state index in [-0.39, 0.29) is 11.6 Å². The summed E-state index contributed by atoms with van der Waals surface area (Å²) in [6, 6.07) is 15.1. The molecule has 0 spiro atoms. The standard InChI is InChI=1S/C22H20N2O2/c1-13-6-5-7-14(12-13)24-18-11-10-17(23-2)19-20(18)22(26)16-9-4-3-8-15(16)21(19)25/h3-12,19-20,23-24H,1-2H3. The fraction of sp³-hybridized carbons (Fsp3) is 0.182. The summed E-state index contributed by atoms with van der Waals surface area (Å²) in [5.74, 6) is -1.08. The number of hydrogen-bond donors (Lipinski definition) is 2. The Morgan fingerprint density at radius 2 is 1.42 bits per heavy atom. The van der Waals surface area contributed by atoms with E-state index in [2.05, 4.69) is 10.6 Å². The zero-order valence-electron chi connectivity index (χ0n) is 14.7. The summed E-state index contributed by atoms with van der Waals surface area (Å²) in [7, 11) is 1.79. The number of rotatable bonds is 3. The molecule has 2 unspecified atom stereocenters. The maximum Gasteiger partial charge on any atom is 0.173 e. The first-order chi connectivity index (χ1) is 12.6. The highest BCUT2D eigenvalue weighted by molar-refractivity contribution is 6.18. The van der Waals surface area contributed by atoms with Gasteiger partial charge in [-0.05, 0) is 36.8 Å². The van der Waals surface area contributed by atoms with Gasteiger partial charge < -0.3 is 10.6 Å². The molecule has 0 fully saturated rings. The highest BCUT2D eigenvalue weighted by Crippen LogP contribution is 2.40. The Hall–Kier alpha value is -3.14. The van der Waals surface area contributed by atoms with Crippen molar-refractivity contribution in [2.24, 2.45) is 11.8 Å². The Labute approximate surface area is 152 Å². The first kappa shape index (κ1) is 16.3. The maximum absolute atomic E-state index is 13.2. The van der Waals surface area contributed by atoms with E-state index in [1.54, 1.807) is 31.3 Å². The normalized spacial score (nSPS) is 21.3. The molecule has 0 amide bonds. The second kappa shape index (κ2) is 6.30. The molecule has 4 nitrogen and oxygen atoms in total. The van der Waals surface area contributed by atoms with Crippen LogP contribution in [0.15, 0.2) is 72.1 Å². The molecule has 2 N–H and O–H groups in total. The van der Waals surface area contributed by atoms with Gasteiger partial charge in [0, 0.05) is 35.3 Å². The van der Waals surface area contributed by atoms with Crippen LogP contribution in [0.3, 0.4) is 0 Å². The van der Waals surface area contributed by atoms with Crippen molar-refractivity contribution >= 4 is 17.3 Å². The number of anilines is 1. The van der Waals surface area contributed by atoms with Crippen molar-refractivity contribution in [3.8, 4) is 0 Å². The van der Waals surface area contributed by atoms with Crippen LogP contribution >= 0.6 is 0 Å². The van der Waals surface area contributed by atoms with Crippen LogP contribution in [-0.4, -0.2) is 18.6 Å². The molecule has 2 aromatic carbocycles. The van der Waals surface area contributed by atoms with E-state index < -0.39 is 11.8 Å². The van der Waals surface area contributed by atoms with Gasteiger partial charge in [0.25, 0.3) is 0 Å². The number of carbonyl (C=O) groups excluding carboxylic acids is 2. The minimum atomic E-state index is -0.537. The number of allylic oxidation sites excluding steroid dienone is 4. The number of aryl methyl sites for hydroxylation is 1. The third-order valence-electron chi connectivity index (χ3n) is 5.06. The summed E-state index contributed by atoms with van der Waals surface area (Å²) in [5.41, 5.74) is 4.59. The average molecular weight is 344 g/mol. The zero-order valence-corrected chi connectivity index (χ0v) is 14.7. The Bertz CT molecular complexity index is 972. The van der Waals surface area contributed by atoms with Crippen molar-refractivity contribution < 1.29 is 9.59 Å². The number of benzene rings is 2. The second-order valence-electron chi connectivity index (χ2n) is 6.72. The predicted octanol–water partition coefficient (Wildman–Crippen LogP) is 3.72. The summed E-state index contributed by atoms with van der Waals surface area (Å²) in [5, 5.41) is 6.46. The summed E-state index contributed by atoms with van der Waals surface area (Å²) in [6.45, 7) is 2.02. The van der Waals surface area contributed by atoms with E-state index in [9.17, 15) is 9.59 Å². The number of Topliss-reactive ketones (excluding diaryl/α,β-unsaturated/α-hetero) is 2. The molecule has 0 saturated heterocycles. The van der Waals surface area contributed by atoms with Gasteiger partial charge in [-0.25, -0.2) is 0 Å². The Kier molecular flexibility index (Phi) is 3.96. The number of nitrogens with one attached hydrogen (secondary N) is 2. The van der Waals surface area contributed by atoms with Gasteiger partial charge in [-0.2, -0.15) is 0 Å². The molecule has 4 rings (SSSR count). The molecule has 4 heteroatoms. The fourth-order valence-corrected chi connectivity index (χ4v) is 3.83. The number of fused-ring (bicyclic) bond motifs is 2. The summed E-state index contributed by atoms with van der Waals surface area (Å²) in [4.78, 5) is 26.4. The van der Waals surface area contributed by atoms with Crippen molar-refractivity contribution in [1.82, 2.24) is 5.32 Å².